The van der Waals surface area contributed by atoms with Gasteiger partial charge in [-0.25, -0.2) is 4.98 Å². The molecule has 2 fully saturated rings. The molecule has 160 valence electrons. The van der Waals surface area contributed by atoms with Crippen molar-refractivity contribution in [3.05, 3.63) is 34.9 Å². The van der Waals surface area contributed by atoms with E-state index in [9.17, 15) is 0 Å². The molecule has 0 radical (unpaired) electrons. The summed E-state index contributed by atoms with van der Waals surface area (Å²) in [5, 5.41) is 3.56. The Kier molecular flexibility index (Phi) is 5.76. The minimum Gasteiger partial charge on any atom is -0.376 e. The largest absolute Gasteiger partial charge is 0.376 e. The summed E-state index contributed by atoms with van der Waals surface area (Å²) in [7, 11) is 0. The SMILES string of the molecule is Cc1cc2cc3c(nc2cc1C)SC(=NCC1CCCO1)N(C1CCC(C)CC1)C3. The molecule has 5 rings (SSSR count). The van der Waals surface area contributed by atoms with Gasteiger partial charge in [-0.05, 0) is 99.4 Å². The molecule has 1 saturated carbocycles. The predicted molar refractivity (Wildman–Crippen MR) is 125 cm³/mol. The van der Waals surface area contributed by atoms with E-state index in [0.717, 1.165) is 47.7 Å². The molecule has 0 amide bonds. The van der Waals surface area contributed by atoms with Gasteiger partial charge in [0.15, 0.2) is 5.17 Å². The lowest BCUT2D eigenvalue weighted by atomic mass is 9.86. The number of fused-ring (bicyclic) bond motifs is 2. The number of aromatic nitrogens is 1. The number of hydrogen-bond acceptors (Lipinski definition) is 4. The molecule has 1 aromatic carbocycles. The smallest absolute Gasteiger partial charge is 0.166 e. The number of rotatable bonds is 3. The lowest BCUT2D eigenvalue weighted by Gasteiger charge is -2.40. The highest BCUT2D eigenvalue weighted by molar-refractivity contribution is 8.13. The molecule has 4 nitrogen and oxygen atoms in total. The van der Waals surface area contributed by atoms with Crippen molar-refractivity contribution in [3.8, 4) is 0 Å². The van der Waals surface area contributed by atoms with Crippen LogP contribution < -0.4 is 0 Å². The fraction of sp³-hybridized carbons (Fsp3) is 0.600. The van der Waals surface area contributed by atoms with Crippen LogP contribution in [0.5, 0.6) is 0 Å². The van der Waals surface area contributed by atoms with Crippen LogP contribution in [0, 0.1) is 19.8 Å². The molecule has 2 aliphatic heterocycles. The van der Waals surface area contributed by atoms with Crippen molar-refractivity contribution < 1.29 is 4.74 Å². The van der Waals surface area contributed by atoms with Gasteiger partial charge in [-0.3, -0.25) is 4.99 Å². The zero-order valence-corrected chi connectivity index (χ0v) is 19.3. The monoisotopic (exact) mass is 423 g/mol. The highest BCUT2D eigenvalue weighted by atomic mass is 32.2. The summed E-state index contributed by atoms with van der Waals surface area (Å²) >= 11 is 1.78. The Labute approximate surface area is 184 Å². The van der Waals surface area contributed by atoms with Gasteiger partial charge in [0.05, 0.1) is 18.2 Å². The minimum atomic E-state index is 0.294. The molecule has 3 aliphatic rings. The van der Waals surface area contributed by atoms with Crippen LogP contribution in [-0.2, 0) is 11.3 Å². The molecule has 1 aliphatic carbocycles. The Morgan fingerprint density at radius 3 is 2.67 bits per heavy atom. The number of benzene rings is 1. The van der Waals surface area contributed by atoms with Gasteiger partial charge in [-0.15, -0.1) is 0 Å². The van der Waals surface area contributed by atoms with Crippen LogP contribution in [0.1, 0.15) is 62.1 Å². The molecule has 2 aromatic rings. The summed E-state index contributed by atoms with van der Waals surface area (Å²) in [4.78, 5) is 12.7. The molecule has 3 heterocycles. The summed E-state index contributed by atoms with van der Waals surface area (Å²) < 4.78 is 5.84. The van der Waals surface area contributed by atoms with E-state index in [-0.39, 0.29) is 0 Å². The van der Waals surface area contributed by atoms with Gasteiger partial charge in [-0.1, -0.05) is 6.92 Å². The Morgan fingerprint density at radius 2 is 1.90 bits per heavy atom. The normalized spacial score (nSPS) is 28.3. The van der Waals surface area contributed by atoms with Crippen molar-refractivity contribution >= 4 is 27.8 Å². The van der Waals surface area contributed by atoms with Gasteiger partial charge >= 0.3 is 0 Å². The molecule has 1 aromatic heterocycles. The minimum absolute atomic E-state index is 0.294. The summed E-state index contributed by atoms with van der Waals surface area (Å²) in [6.45, 7) is 9.35. The molecule has 30 heavy (non-hydrogen) atoms. The number of hydrogen-bond donors (Lipinski definition) is 0. The topological polar surface area (TPSA) is 37.7 Å². The Hall–Kier alpha value is -1.59. The van der Waals surface area contributed by atoms with E-state index in [1.807, 2.05) is 0 Å². The van der Waals surface area contributed by atoms with Crippen LogP contribution >= 0.6 is 11.8 Å². The van der Waals surface area contributed by atoms with Gasteiger partial charge in [-0.2, -0.15) is 0 Å². The van der Waals surface area contributed by atoms with Crippen molar-refractivity contribution in [1.82, 2.24) is 9.88 Å². The number of pyridine rings is 1. The van der Waals surface area contributed by atoms with Crippen molar-refractivity contribution in [2.24, 2.45) is 10.9 Å². The molecule has 1 saturated heterocycles. The first-order valence-corrected chi connectivity index (χ1v) is 12.4. The highest BCUT2D eigenvalue weighted by Crippen LogP contribution is 2.38. The lowest BCUT2D eigenvalue weighted by molar-refractivity contribution is 0.117. The van der Waals surface area contributed by atoms with Crippen LogP contribution in [0.3, 0.4) is 0 Å². The second kappa shape index (κ2) is 8.51. The lowest BCUT2D eigenvalue weighted by Crippen LogP contribution is -2.42. The Bertz CT molecular complexity index is 959. The fourth-order valence-corrected chi connectivity index (χ4v) is 6.04. The van der Waals surface area contributed by atoms with Crippen molar-refractivity contribution in [2.45, 2.75) is 83.0 Å². The Balaban J connectivity index is 1.48. The van der Waals surface area contributed by atoms with Crippen LogP contribution in [0.15, 0.2) is 28.2 Å². The van der Waals surface area contributed by atoms with E-state index < -0.39 is 0 Å². The van der Waals surface area contributed by atoms with Crippen molar-refractivity contribution in [1.29, 1.82) is 0 Å². The van der Waals surface area contributed by atoms with Crippen LogP contribution in [0.4, 0.5) is 0 Å². The number of aliphatic imine (C=N–C) groups is 1. The molecular formula is C25H33N3OS. The summed E-state index contributed by atoms with van der Waals surface area (Å²) in [5.41, 5.74) is 5.10. The van der Waals surface area contributed by atoms with E-state index in [2.05, 4.69) is 43.9 Å². The van der Waals surface area contributed by atoms with Gasteiger partial charge in [0.1, 0.15) is 5.03 Å². The number of thioether (sulfide) groups is 1. The zero-order valence-electron chi connectivity index (χ0n) is 18.5. The fourth-order valence-electron chi connectivity index (χ4n) is 5.00. The molecule has 0 N–H and O–H groups in total. The third-order valence-corrected chi connectivity index (χ3v) is 8.22. The van der Waals surface area contributed by atoms with Gasteiger partial charge in [0, 0.05) is 30.1 Å². The third-order valence-electron chi connectivity index (χ3n) is 7.12. The molecule has 1 unspecified atom stereocenters. The van der Waals surface area contributed by atoms with E-state index in [1.165, 1.54) is 54.2 Å². The zero-order chi connectivity index (χ0) is 20.7. The second-order valence-electron chi connectivity index (χ2n) is 9.48. The van der Waals surface area contributed by atoms with Crippen molar-refractivity contribution in [2.75, 3.05) is 13.2 Å². The molecule has 1 atom stereocenters. The van der Waals surface area contributed by atoms with E-state index >= 15 is 0 Å². The Morgan fingerprint density at radius 1 is 1.10 bits per heavy atom. The maximum Gasteiger partial charge on any atom is 0.166 e. The average Bonchev–Trinajstić information content (AvgIpc) is 3.26. The summed E-state index contributed by atoms with van der Waals surface area (Å²) in [5.74, 6) is 0.857. The standard InChI is InChI=1S/C25H33N3OS/c1-16-6-8-21(9-7-16)28-15-20-13-19-11-17(2)18(3)12-23(19)27-24(20)30-25(28)26-14-22-5-4-10-29-22/h11-13,16,21-22H,4-10,14-15H2,1-3H3. The van der Waals surface area contributed by atoms with Crippen LogP contribution in [0.2, 0.25) is 0 Å². The van der Waals surface area contributed by atoms with E-state index in [1.54, 1.807) is 11.8 Å². The first-order valence-electron chi connectivity index (χ1n) is 11.6. The first kappa shape index (κ1) is 20.3. The van der Waals surface area contributed by atoms with Gasteiger partial charge < -0.3 is 9.64 Å². The highest BCUT2D eigenvalue weighted by Gasteiger charge is 2.32. The van der Waals surface area contributed by atoms with E-state index in [4.69, 9.17) is 14.7 Å². The van der Waals surface area contributed by atoms with Gasteiger partial charge in [0.2, 0.25) is 0 Å². The average molecular weight is 424 g/mol. The number of nitrogens with zero attached hydrogens (tertiary/aromatic N) is 3. The maximum absolute atomic E-state index is 5.84. The first-order chi connectivity index (χ1) is 14.6. The summed E-state index contributed by atoms with van der Waals surface area (Å²) in [6, 6.07) is 7.48. The number of ether oxygens (including phenoxy) is 1. The van der Waals surface area contributed by atoms with Crippen LogP contribution in [-0.4, -0.2) is 40.3 Å². The van der Waals surface area contributed by atoms with Gasteiger partial charge in [0.25, 0.3) is 0 Å². The van der Waals surface area contributed by atoms with Crippen LogP contribution in [0.25, 0.3) is 10.9 Å². The predicted octanol–water partition coefficient (Wildman–Crippen LogP) is 5.87. The molecule has 0 spiro atoms. The quantitative estimate of drug-likeness (QED) is 0.618. The molecule has 0 bridgehead atoms. The molecular weight excluding hydrogens is 390 g/mol. The summed E-state index contributed by atoms with van der Waals surface area (Å²) in [6.07, 6.45) is 7.80. The van der Waals surface area contributed by atoms with Crippen molar-refractivity contribution in [3.63, 3.8) is 0 Å². The second-order valence-corrected chi connectivity index (χ2v) is 10.4. The number of aryl methyl sites for hydroxylation is 2. The third kappa shape index (κ3) is 4.11. The number of amidine groups is 1. The molecule has 5 heteroatoms. The van der Waals surface area contributed by atoms with E-state index in [0.29, 0.717) is 12.1 Å². The maximum atomic E-state index is 5.84.